The second-order valence-corrected chi connectivity index (χ2v) is 5.82. The number of aliphatic hydroxyl groups excluding tert-OH is 1. The van der Waals surface area contributed by atoms with Gasteiger partial charge in [-0.15, -0.1) is 0 Å². The molecular formula is C18H17ClN2O3. The molecule has 24 heavy (non-hydrogen) atoms. The van der Waals surface area contributed by atoms with E-state index in [0.29, 0.717) is 34.2 Å². The van der Waals surface area contributed by atoms with E-state index in [1.807, 2.05) is 13.0 Å². The van der Waals surface area contributed by atoms with E-state index in [-0.39, 0.29) is 18.4 Å². The average molecular weight is 345 g/mol. The number of hydrogen-bond acceptors (Lipinski definition) is 4. The number of ether oxygens (including phenoxy) is 1. The van der Waals surface area contributed by atoms with Crippen molar-refractivity contribution in [1.82, 2.24) is 5.32 Å². The third-order valence-electron chi connectivity index (χ3n) is 3.31. The van der Waals surface area contributed by atoms with Gasteiger partial charge in [-0.05, 0) is 42.3 Å². The maximum atomic E-state index is 12.1. The van der Waals surface area contributed by atoms with Crippen LogP contribution in [0, 0.1) is 17.2 Å². The molecule has 0 aliphatic rings. The standard InChI is InChI=1S/C18H17ClN2O3/c1-12(11-22)10-21-18(23)13-3-2-4-16(8-13)24-17-6-5-15(19)7-14(17)9-20/h2-8,12,22H,10-11H2,1H3,(H,21,23). The zero-order valence-electron chi connectivity index (χ0n) is 13.1. The van der Waals surface area contributed by atoms with Crippen molar-refractivity contribution in [2.45, 2.75) is 6.92 Å². The Morgan fingerprint density at radius 2 is 2.17 bits per heavy atom. The third-order valence-corrected chi connectivity index (χ3v) is 3.54. The summed E-state index contributed by atoms with van der Waals surface area (Å²) in [7, 11) is 0. The van der Waals surface area contributed by atoms with Gasteiger partial charge in [0.15, 0.2) is 0 Å². The van der Waals surface area contributed by atoms with E-state index in [1.165, 1.54) is 6.07 Å². The van der Waals surface area contributed by atoms with Gasteiger partial charge in [-0.2, -0.15) is 5.26 Å². The first kappa shape index (κ1) is 17.8. The lowest BCUT2D eigenvalue weighted by molar-refractivity contribution is 0.0942. The molecule has 1 amide bonds. The zero-order chi connectivity index (χ0) is 17.5. The van der Waals surface area contributed by atoms with E-state index < -0.39 is 0 Å². The van der Waals surface area contributed by atoms with Crippen LogP contribution in [0.25, 0.3) is 0 Å². The first-order chi connectivity index (χ1) is 11.5. The van der Waals surface area contributed by atoms with Crippen LogP contribution in [0.5, 0.6) is 11.5 Å². The fourth-order valence-electron chi connectivity index (χ4n) is 1.94. The Bertz CT molecular complexity index is 771. The van der Waals surface area contributed by atoms with Crippen LogP contribution in [0.3, 0.4) is 0 Å². The maximum absolute atomic E-state index is 12.1. The number of carbonyl (C=O) groups is 1. The highest BCUT2D eigenvalue weighted by Crippen LogP contribution is 2.27. The molecule has 1 atom stereocenters. The monoisotopic (exact) mass is 344 g/mol. The van der Waals surface area contributed by atoms with Gasteiger partial charge in [0.05, 0.1) is 5.56 Å². The summed E-state index contributed by atoms with van der Waals surface area (Å²) in [6.07, 6.45) is 0. The van der Waals surface area contributed by atoms with Gasteiger partial charge in [-0.3, -0.25) is 4.79 Å². The minimum absolute atomic E-state index is 0.0108. The van der Waals surface area contributed by atoms with Crippen LogP contribution in [0.1, 0.15) is 22.8 Å². The smallest absolute Gasteiger partial charge is 0.251 e. The largest absolute Gasteiger partial charge is 0.456 e. The van der Waals surface area contributed by atoms with Gasteiger partial charge >= 0.3 is 0 Å². The van der Waals surface area contributed by atoms with Crippen LogP contribution in [-0.2, 0) is 0 Å². The molecule has 1 unspecified atom stereocenters. The fraction of sp³-hybridized carbons (Fsp3) is 0.222. The number of carbonyl (C=O) groups excluding carboxylic acids is 1. The Labute approximate surface area is 145 Å². The van der Waals surface area contributed by atoms with Crippen molar-refractivity contribution < 1.29 is 14.6 Å². The van der Waals surface area contributed by atoms with Gasteiger partial charge in [0.25, 0.3) is 5.91 Å². The summed E-state index contributed by atoms with van der Waals surface area (Å²) in [6, 6.07) is 13.4. The molecule has 0 fully saturated rings. The van der Waals surface area contributed by atoms with E-state index in [1.54, 1.807) is 36.4 Å². The second kappa shape index (κ2) is 8.34. The third kappa shape index (κ3) is 4.72. The Balaban J connectivity index is 2.13. The van der Waals surface area contributed by atoms with E-state index in [0.717, 1.165) is 0 Å². The predicted octanol–water partition coefficient (Wildman–Crippen LogP) is 3.36. The maximum Gasteiger partial charge on any atom is 0.251 e. The Kier molecular flexibility index (Phi) is 6.19. The molecule has 0 saturated heterocycles. The molecule has 0 bridgehead atoms. The van der Waals surface area contributed by atoms with Gasteiger partial charge in [0.2, 0.25) is 0 Å². The summed E-state index contributed by atoms with van der Waals surface area (Å²) < 4.78 is 5.69. The molecule has 0 spiro atoms. The van der Waals surface area contributed by atoms with Gasteiger partial charge in [0.1, 0.15) is 17.6 Å². The molecule has 0 heterocycles. The highest BCUT2D eigenvalue weighted by molar-refractivity contribution is 6.30. The van der Waals surface area contributed by atoms with E-state index >= 15 is 0 Å². The SMILES string of the molecule is CC(CO)CNC(=O)c1cccc(Oc2ccc(Cl)cc2C#N)c1. The highest BCUT2D eigenvalue weighted by atomic mass is 35.5. The van der Waals surface area contributed by atoms with Crippen LogP contribution in [0.2, 0.25) is 5.02 Å². The van der Waals surface area contributed by atoms with Crippen molar-refractivity contribution in [3.05, 3.63) is 58.6 Å². The normalized spacial score (nSPS) is 11.4. The topological polar surface area (TPSA) is 82.3 Å². The van der Waals surface area contributed by atoms with Gasteiger partial charge in [-0.1, -0.05) is 24.6 Å². The summed E-state index contributed by atoms with van der Waals surface area (Å²) in [4.78, 5) is 12.1. The van der Waals surface area contributed by atoms with E-state index in [2.05, 4.69) is 5.32 Å². The number of nitrogens with one attached hydrogen (secondary N) is 1. The summed E-state index contributed by atoms with van der Waals surface area (Å²) in [5.74, 6) is 0.544. The van der Waals surface area contributed by atoms with Crippen molar-refractivity contribution >= 4 is 17.5 Å². The molecule has 2 aromatic rings. The van der Waals surface area contributed by atoms with E-state index in [9.17, 15) is 4.79 Å². The quantitative estimate of drug-likeness (QED) is 0.841. The van der Waals surface area contributed by atoms with Crippen LogP contribution in [0.15, 0.2) is 42.5 Å². The fourth-order valence-corrected chi connectivity index (χ4v) is 2.11. The minimum atomic E-state index is -0.252. The number of nitrogens with zero attached hydrogens (tertiary/aromatic N) is 1. The lowest BCUT2D eigenvalue weighted by Crippen LogP contribution is -2.29. The lowest BCUT2D eigenvalue weighted by Gasteiger charge is -2.11. The highest BCUT2D eigenvalue weighted by Gasteiger charge is 2.10. The zero-order valence-corrected chi connectivity index (χ0v) is 13.9. The first-order valence-electron chi connectivity index (χ1n) is 7.40. The molecule has 0 radical (unpaired) electrons. The molecule has 0 aromatic heterocycles. The van der Waals surface area contributed by atoms with Crippen LogP contribution in [0.4, 0.5) is 0 Å². The van der Waals surface area contributed by atoms with E-state index in [4.69, 9.17) is 26.7 Å². The lowest BCUT2D eigenvalue weighted by atomic mass is 10.1. The van der Waals surface area contributed by atoms with Crippen molar-refractivity contribution in [3.8, 4) is 17.6 Å². The number of rotatable bonds is 6. The van der Waals surface area contributed by atoms with Crippen LogP contribution in [-0.4, -0.2) is 24.2 Å². The Morgan fingerprint density at radius 1 is 1.38 bits per heavy atom. The van der Waals surface area contributed by atoms with Gasteiger partial charge in [-0.25, -0.2) is 0 Å². The number of amides is 1. The number of hydrogen-bond donors (Lipinski definition) is 2. The molecule has 2 N–H and O–H groups in total. The van der Waals surface area contributed by atoms with Gasteiger partial charge in [0, 0.05) is 23.7 Å². The summed E-state index contributed by atoms with van der Waals surface area (Å²) in [5.41, 5.74) is 0.749. The number of aliphatic hydroxyl groups is 1. The van der Waals surface area contributed by atoms with Crippen LogP contribution >= 0.6 is 11.6 Å². The second-order valence-electron chi connectivity index (χ2n) is 5.38. The number of halogens is 1. The molecule has 6 heteroatoms. The van der Waals surface area contributed by atoms with Crippen molar-refractivity contribution in [2.24, 2.45) is 5.92 Å². The molecular weight excluding hydrogens is 328 g/mol. The van der Waals surface area contributed by atoms with Crippen molar-refractivity contribution in [2.75, 3.05) is 13.2 Å². The van der Waals surface area contributed by atoms with Gasteiger partial charge < -0.3 is 15.2 Å². The first-order valence-corrected chi connectivity index (χ1v) is 7.78. The predicted molar refractivity (Wildman–Crippen MR) is 91.3 cm³/mol. The summed E-state index contributed by atoms with van der Waals surface area (Å²) in [6.45, 7) is 2.23. The van der Waals surface area contributed by atoms with Crippen LogP contribution < -0.4 is 10.1 Å². The molecule has 5 nitrogen and oxygen atoms in total. The molecule has 2 aromatic carbocycles. The Morgan fingerprint density at radius 3 is 2.88 bits per heavy atom. The van der Waals surface area contributed by atoms with Crippen molar-refractivity contribution in [3.63, 3.8) is 0 Å². The molecule has 124 valence electrons. The minimum Gasteiger partial charge on any atom is -0.456 e. The number of nitriles is 1. The molecule has 0 aliphatic heterocycles. The Hall–Kier alpha value is -2.55. The average Bonchev–Trinajstić information content (AvgIpc) is 2.61. The molecule has 2 rings (SSSR count). The summed E-state index contributed by atoms with van der Waals surface area (Å²) >= 11 is 5.86. The molecule has 0 saturated carbocycles. The van der Waals surface area contributed by atoms with Crippen molar-refractivity contribution in [1.29, 1.82) is 5.26 Å². The molecule has 0 aliphatic carbocycles. The number of benzene rings is 2. The summed E-state index contributed by atoms with van der Waals surface area (Å²) in [5, 5.41) is 21.3.